The van der Waals surface area contributed by atoms with Gasteiger partial charge in [0.15, 0.2) is 5.82 Å². The molecule has 1 aliphatic rings. The van der Waals surface area contributed by atoms with Crippen LogP contribution in [0.2, 0.25) is 0 Å². The van der Waals surface area contributed by atoms with Crippen LogP contribution in [0.3, 0.4) is 0 Å². The van der Waals surface area contributed by atoms with Crippen LogP contribution in [0.1, 0.15) is 16.8 Å². The Kier molecular flexibility index (Phi) is 3.58. The summed E-state index contributed by atoms with van der Waals surface area (Å²) in [5.41, 5.74) is 9.28. The number of carbonyl (C=O) groups excluding carboxylic acids is 2. The quantitative estimate of drug-likeness (QED) is 0.643. The smallest absolute Gasteiger partial charge is 0.257 e. The molecule has 2 rings (SSSR count). The molecular formula is C12H13F2N3O3. The van der Waals surface area contributed by atoms with Crippen molar-refractivity contribution in [1.82, 2.24) is 4.90 Å². The Morgan fingerprint density at radius 1 is 1.35 bits per heavy atom. The Labute approximate surface area is 113 Å². The van der Waals surface area contributed by atoms with Gasteiger partial charge in [0.05, 0.1) is 17.4 Å². The Morgan fingerprint density at radius 2 is 2.00 bits per heavy atom. The second kappa shape index (κ2) is 5.04. The fourth-order valence-corrected chi connectivity index (χ4v) is 2.23. The van der Waals surface area contributed by atoms with E-state index < -0.39 is 46.8 Å². The number of β-amino-alcohol motifs (C(OH)–C–C–N with tert-alkyl or cyclic N) is 1. The summed E-state index contributed by atoms with van der Waals surface area (Å²) in [5.74, 6) is -3.70. The van der Waals surface area contributed by atoms with Gasteiger partial charge in [-0.2, -0.15) is 0 Å². The van der Waals surface area contributed by atoms with Crippen molar-refractivity contribution in [2.24, 2.45) is 5.73 Å². The highest BCUT2D eigenvalue weighted by atomic mass is 19.1. The molecule has 1 heterocycles. The molecular weight excluding hydrogens is 272 g/mol. The maximum Gasteiger partial charge on any atom is 0.257 e. The fraction of sp³-hybridized carbons (Fsp3) is 0.333. The number of nitrogens with two attached hydrogens (primary N) is 2. The number of carbonyl (C=O) groups is 2. The zero-order chi connectivity index (χ0) is 15.0. The van der Waals surface area contributed by atoms with E-state index in [2.05, 4.69) is 0 Å². The number of hydrogen-bond acceptors (Lipinski definition) is 4. The van der Waals surface area contributed by atoms with Gasteiger partial charge in [0.1, 0.15) is 11.9 Å². The normalized spacial score (nSPS) is 22.1. The van der Waals surface area contributed by atoms with Gasteiger partial charge in [0, 0.05) is 13.0 Å². The van der Waals surface area contributed by atoms with Gasteiger partial charge in [-0.3, -0.25) is 9.59 Å². The molecule has 8 heteroatoms. The molecule has 5 N–H and O–H groups in total. The van der Waals surface area contributed by atoms with Crippen molar-refractivity contribution < 1.29 is 23.5 Å². The molecule has 2 unspecified atom stereocenters. The van der Waals surface area contributed by atoms with Crippen LogP contribution >= 0.6 is 0 Å². The van der Waals surface area contributed by atoms with E-state index >= 15 is 0 Å². The van der Waals surface area contributed by atoms with Crippen LogP contribution in [0.25, 0.3) is 0 Å². The molecule has 0 spiro atoms. The Bertz CT molecular complexity index is 579. The predicted octanol–water partition coefficient (Wildman–Crippen LogP) is -0.392. The van der Waals surface area contributed by atoms with Crippen LogP contribution in [0, 0.1) is 11.6 Å². The van der Waals surface area contributed by atoms with Crippen LogP contribution in [0.4, 0.5) is 14.5 Å². The van der Waals surface area contributed by atoms with Crippen LogP contribution in [-0.2, 0) is 4.79 Å². The maximum absolute atomic E-state index is 13.8. The average molecular weight is 285 g/mol. The Hall–Kier alpha value is -2.22. The highest BCUT2D eigenvalue weighted by Crippen LogP contribution is 2.24. The molecule has 0 aliphatic carbocycles. The summed E-state index contributed by atoms with van der Waals surface area (Å²) in [6.07, 6.45) is -0.974. The van der Waals surface area contributed by atoms with E-state index in [9.17, 15) is 23.5 Å². The molecule has 1 aromatic carbocycles. The summed E-state index contributed by atoms with van der Waals surface area (Å²) in [7, 11) is 0. The summed E-state index contributed by atoms with van der Waals surface area (Å²) in [6, 6.07) is 0.384. The van der Waals surface area contributed by atoms with Gasteiger partial charge in [0.25, 0.3) is 5.91 Å². The summed E-state index contributed by atoms with van der Waals surface area (Å²) in [5, 5.41) is 9.50. The van der Waals surface area contributed by atoms with Crippen LogP contribution < -0.4 is 11.5 Å². The van der Waals surface area contributed by atoms with Gasteiger partial charge in [0.2, 0.25) is 5.91 Å². The number of benzene rings is 1. The summed E-state index contributed by atoms with van der Waals surface area (Å²) < 4.78 is 27.0. The van der Waals surface area contributed by atoms with Gasteiger partial charge in [-0.25, -0.2) is 8.78 Å². The zero-order valence-electron chi connectivity index (χ0n) is 10.3. The minimum absolute atomic E-state index is 0.0342. The van der Waals surface area contributed by atoms with Crippen LogP contribution in [0.15, 0.2) is 12.1 Å². The van der Waals surface area contributed by atoms with E-state index in [1.54, 1.807) is 0 Å². The number of rotatable bonds is 2. The summed E-state index contributed by atoms with van der Waals surface area (Å²) in [4.78, 5) is 24.3. The lowest BCUT2D eigenvalue weighted by atomic mass is 10.1. The minimum Gasteiger partial charge on any atom is -0.396 e. The molecule has 2 atom stereocenters. The number of primary amides is 1. The number of nitrogen functional groups attached to an aromatic ring is 1. The van der Waals surface area contributed by atoms with Crippen molar-refractivity contribution in [3.63, 3.8) is 0 Å². The predicted molar refractivity (Wildman–Crippen MR) is 65.4 cm³/mol. The third-order valence-corrected chi connectivity index (χ3v) is 3.16. The van der Waals surface area contributed by atoms with Crippen LogP contribution in [0.5, 0.6) is 0 Å². The first-order valence-electron chi connectivity index (χ1n) is 5.84. The first kappa shape index (κ1) is 14.2. The number of aliphatic hydroxyl groups excluding tert-OH is 1. The molecule has 1 fully saturated rings. The van der Waals surface area contributed by atoms with Crippen molar-refractivity contribution in [3.8, 4) is 0 Å². The monoisotopic (exact) mass is 285 g/mol. The molecule has 0 saturated carbocycles. The van der Waals surface area contributed by atoms with Crippen molar-refractivity contribution in [3.05, 3.63) is 29.3 Å². The Balaban J connectivity index is 2.38. The van der Waals surface area contributed by atoms with E-state index in [0.29, 0.717) is 6.07 Å². The lowest BCUT2D eigenvalue weighted by Crippen LogP contribution is -2.44. The van der Waals surface area contributed by atoms with Gasteiger partial charge in [-0.05, 0) is 12.1 Å². The largest absolute Gasteiger partial charge is 0.396 e. The summed E-state index contributed by atoms with van der Waals surface area (Å²) >= 11 is 0. The summed E-state index contributed by atoms with van der Waals surface area (Å²) in [6.45, 7) is -0.178. The highest BCUT2D eigenvalue weighted by molar-refractivity contribution is 5.98. The second-order valence-corrected chi connectivity index (χ2v) is 4.62. The van der Waals surface area contributed by atoms with E-state index in [4.69, 9.17) is 11.5 Å². The molecule has 1 aliphatic heterocycles. The van der Waals surface area contributed by atoms with E-state index in [-0.39, 0.29) is 13.0 Å². The lowest BCUT2D eigenvalue weighted by Gasteiger charge is -2.22. The van der Waals surface area contributed by atoms with Gasteiger partial charge >= 0.3 is 0 Å². The standard InChI is InChI=1S/C12H13F2N3O3/c13-5-1-7(10(14)8(15)2-5)12(20)17-4-6(18)3-9(17)11(16)19/h1-2,6,9,18H,3-4,15H2,(H2,16,19). The van der Waals surface area contributed by atoms with E-state index in [1.807, 2.05) is 0 Å². The van der Waals surface area contributed by atoms with E-state index in [1.165, 1.54) is 0 Å². The van der Waals surface area contributed by atoms with Crippen molar-refractivity contribution in [2.45, 2.75) is 18.6 Å². The number of anilines is 1. The SMILES string of the molecule is NC(=O)C1CC(O)CN1C(=O)c1cc(F)cc(N)c1F. The van der Waals surface area contributed by atoms with Crippen LogP contribution in [-0.4, -0.2) is 40.5 Å². The van der Waals surface area contributed by atoms with Crippen molar-refractivity contribution >= 4 is 17.5 Å². The van der Waals surface area contributed by atoms with Gasteiger partial charge < -0.3 is 21.5 Å². The van der Waals surface area contributed by atoms with Gasteiger partial charge in [-0.15, -0.1) is 0 Å². The third kappa shape index (κ3) is 2.42. The minimum atomic E-state index is -1.07. The fourth-order valence-electron chi connectivity index (χ4n) is 2.23. The molecule has 20 heavy (non-hydrogen) atoms. The molecule has 108 valence electrons. The number of hydrogen-bond donors (Lipinski definition) is 3. The Morgan fingerprint density at radius 3 is 2.60 bits per heavy atom. The molecule has 0 bridgehead atoms. The number of halogens is 2. The average Bonchev–Trinajstić information content (AvgIpc) is 2.75. The molecule has 2 amide bonds. The van der Waals surface area contributed by atoms with Gasteiger partial charge in [-0.1, -0.05) is 0 Å². The lowest BCUT2D eigenvalue weighted by molar-refractivity contribution is -0.121. The molecule has 1 saturated heterocycles. The molecule has 6 nitrogen and oxygen atoms in total. The molecule has 0 aromatic heterocycles. The van der Waals surface area contributed by atoms with Crippen molar-refractivity contribution in [1.29, 1.82) is 0 Å². The highest BCUT2D eigenvalue weighted by Gasteiger charge is 2.39. The molecule has 0 radical (unpaired) electrons. The number of nitrogens with zero attached hydrogens (tertiary/aromatic N) is 1. The van der Waals surface area contributed by atoms with Crippen molar-refractivity contribution in [2.75, 3.05) is 12.3 Å². The number of likely N-dealkylation sites (tertiary alicyclic amines) is 1. The second-order valence-electron chi connectivity index (χ2n) is 4.62. The first-order valence-corrected chi connectivity index (χ1v) is 5.84. The number of aliphatic hydroxyl groups is 1. The number of amides is 2. The molecule has 1 aromatic rings. The topological polar surface area (TPSA) is 110 Å². The van der Waals surface area contributed by atoms with E-state index in [0.717, 1.165) is 11.0 Å². The maximum atomic E-state index is 13.8. The first-order chi connectivity index (χ1) is 9.31. The zero-order valence-corrected chi connectivity index (χ0v) is 10.3. The third-order valence-electron chi connectivity index (χ3n) is 3.16.